The minimum Gasteiger partial charge on any atom is -0.496 e. The predicted octanol–water partition coefficient (Wildman–Crippen LogP) is 3.60. The third-order valence-corrected chi connectivity index (χ3v) is 5.20. The van der Waals surface area contributed by atoms with E-state index in [-0.39, 0.29) is 18.0 Å². The first-order chi connectivity index (χ1) is 13.6. The standard InChI is InChI=1S/C20H20ClN5O2/c1-12-17(19(27)25-14-9-7-13(21)8-10-14)18(26-20(24-12)22-11-23-26)15-5-3-4-6-16(15)28-2/h3-12,17-18H,1-2H3,(H,25,27)(H,22,23,24)/t12-,17+,18-/m0/s1. The number of halogens is 1. The first-order valence-electron chi connectivity index (χ1n) is 8.94. The summed E-state index contributed by atoms with van der Waals surface area (Å²) < 4.78 is 7.30. The van der Waals surface area contributed by atoms with Gasteiger partial charge in [0, 0.05) is 22.3 Å². The second kappa shape index (κ2) is 7.52. The van der Waals surface area contributed by atoms with E-state index in [1.165, 1.54) is 6.33 Å². The van der Waals surface area contributed by atoms with Crippen LogP contribution in [0.15, 0.2) is 54.9 Å². The van der Waals surface area contributed by atoms with Crippen molar-refractivity contribution < 1.29 is 9.53 Å². The quantitative estimate of drug-likeness (QED) is 0.703. The van der Waals surface area contributed by atoms with Crippen molar-refractivity contribution in [2.75, 3.05) is 17.7 Å². The largest absolute Gasteiger partial charge is 0.496 e. The number of hydrogen-bond donors (Lipinski definition) is 2. The summed E-state index contributed by atoms with van der Waals surface area (Å²) >= 11 is 5.95. The minimum atomic E-state index is -0.443. The van der Waals surface area contributed by atoms with Gasteiger partial charge in [0.1, 0.15) is 12.1 Å². The molecular formula is C20H20ClN5O2. The average molecular weight is 398 g/mol. The number of methoxy groups -OCH3 is 1. The number of anilines is 2. The van der Waals surface area contributed by atoms with E-state index in [0.717, 1.165) is 5.56 Å². The lowest BCUT2D eigenvalue weighted by Gasteiger charge is -2.37. The van der Waals surface area contributed by atoms with Crippen LogP contribution >= 0.6 is 11.6 Å². The minimum absolute atomic E-state index is 0.126. The average Bonchev–Trinajstić information content (AvgIpc) is 3.16. The van der Waals surface area contributed by atoms with Gasteiger partial charge in [-0.05, 0) is 37.3 Å². The lowest BCUT2D eigenvalue weighted by atomic mass is 9.85. The van der Waals surface area contributed by atoms with E-state index >= 15 is 0 Å². The zero-order valence-electron chi connectivity index (χ0n) is 15.5. The van der Waals surface area contributed by atoms with Gasteiger partial charge in [-0.15, -0.1) is 0 Å². The molecule has 4 rings (SSSR count). The summed E-state index contributed by atoms with van der Waals surface area (Å²) in [6, 6.07) is 14.2. The van der Waals surface area contributed by atoms with Crippen molar-refractivity contribution in [1.82, 2.24) is 14.8 Å². The van der Waals surface area contributed by atoms with E-state index in [0.29, 0.717) is 22.4 Å². The fraction of sp³-hybridized carbons (Fsp3) is 0.250. The summed E-state index contributed by atoms with van der Waals surface area (Å²) in [4.78, 5) is 17.6. The maximum Gasteiger partial charge on any atom is 0.232 e. The molecule has 0 saturated carbocycles. The fourth-order valence-electron chi connectivity index (χ4n) is 3.64. The number of nitrogens with zero attached hydrogens (tertiary/aromatic N) is 3. The first kappa shape index (κ1) is 18.3. The highest BCUT2D eigenvalue weighted by Gasteiger charge is 2.42. The second-order valence-electron chi connectivity index (χ2n) is 6.67. The molecule has 1 aromatic heterocycles. The van der Waals surface area contributed by atoms with Crippen LogP contribution in [-0.4, -0.2) is 33.8 Å². The number of aromatic nitrogens is 3. The number of benzene rings is 2. The molecule has 0 bridgehead atoms. The highest BCUT2D eigenvalue weighted by molar-refractivity contribution is 6.30. The number of nitrogens with one attached hydrogen (secondary N) is 2. The maximum atomic E-state index is 13.3. The predicted molar refractivity (Wildman–Crippen MR) is 108 cm³/mol. The van der Waals surface area contributed by atoms with Crippen LogP contribution in [0.1, 0.15) is 18.5 Å². The van der Waals surface area contributed by atoms with Crippen molar-refractivity contribution in [3.8, 4) is 5.75 Å². The molecule has 2 heterocycles. The molecule has 1 amide bonds. The molecule has 144 valence electrons. The third kappa shape index (κ3) is 3.29. The SMILES string of the molecule is COc1ccccc1[C@H]1[C@H](C(=O)Nc2ccc(Cl)cc2)[C@H](C)Nc2ncnn21. The molecular weight excluding hydrogens is 378 g/mol. The van der Waals surface area contributed by atoms with E-state index in [2.05, 4.69) is 20.7 Å². The molecule has 0 saturated heterocycles. The summed E-state index contributed by atoms with van der Waals surface area (Å²) in [7, 11) is 1.62. The Hall–Kier alpha value is -3.06. The molecule has 1 aliphatic heterocycles. The molecule has 8 heteroatoms. The van der Waals surface area contributed by atoms with Gasteiger partial charge < -0.3 is 15.4 Å². The van der Waals surface area contributed by atoms with Gasteiger partial charge in [0.25, 0.3) is 0 Å². The van der Waals surface area contributed by atoms with Gasteiger partial charge in [-0.3, -0.25) is 4.79 Å². The number of hydrogen-bond acceptors (Lipinski definition) is 5. The van der Waals surface area contributed by atoms with Crippen LogP contribution in [0, 0.1) is 5.92 Å². The Morgan fingerprint density at radius 2 is 1.96 bits per heavy atom. The Morgan fingerprint density at radius 3 is 2.71 bits per heavy atom. The topological polar surface area (TPSA) is 81.1 Å². The summed E-state index contributed by atoms with van der Waals surface area (Å²) in [5, 5.41) is 11.2. The van der Waals surface area contributed by atoms with Crippen LogP contribution in [0.25, 0.3) is 0 Å². The summed E-state index contributed by atoms with van der Waals surface area (Å²) in [6.07, 6.45) is 1.48. The van der Waals surface area contributed by atoms with Crippen molar-refractivity contribution >= 4 is 29.1 Å². The fourth-order valence-corrected chi connectivity index (χ4v) is 3.77. The highest BCUT2D eigenvalue weighted by Crippen LogP contribution is 2.40. The van der Waals surface area contributed by atoms with Crippen LogP contribution < -0.4 is 15.4 Å². The molecule has 0 fully saturated rings. The Balaban J connectivity index is 1.75. The molecule has 28 heavy (non-hydrogen) atoms. The normalized spacial score (nSPS) is 20.8. The molecule has 3 atom stereocenters. The second-order valence-corrected chi connectivity index (χ2v) is 7.11. The van der Waals surface area contributed by atoms with Crippen molar-refractivity contribution in [2.24, 2.45) is 5.92 Å². The van der Waals surface area contributed by atoms with Crippen LogP contribution in [0.2, 0.25) is 5.02 Å². The van der Waals surface area contributed by atoms with E-state index in [4.69, 9.17) is 16.3 Å². The number of carbonyl (C=O) groups is 1. The molecule has 2 N–H and O–H groups in total. The summed E-state index contributed by atoms with van der Waals surface area (Å²) in [6.45, 7) is 1.96. The summed E-state index contributed by atoms with van der Waals surface area (Å²) in [5.41, 5.74) is 1.56. The van der Waals surface area contributed by atoms with E-state index in [1.54, 1.807) is 36.1 Å². The van der Waals surface area contributed by atoms with Gasteiger partial charge in [0.05, 0.1) is 19.1 Å². The number of carbonyl (C=O) groups excluding carboxylic acids is 1. The highest BCUT2D eigenvalue weighted by atomic mass is 35.5. The maximum absolute atomic E-state index is 13.3. The van der Waals surface area contributed by atoms with Gasteiger partial charge in [-0.2, -0.15) is 10.1 Å². The Kier molecular flexibility index (Phi) is 4.92. The van der Waals surface area contributed by atoms with E-state index in [9.17, 15) is 4.79 Å². The van der Waals surface area contributed by atoms with Gasteiger partial charge in [-0.25, -0.2) is 4.68 Å². The molecule has 3 aromatic rings. The number of fused-ring (bicyclic) bond motifs is 1. The van der Waals surface area contributed by atoms with E-state index < -0.39 is 5.92 Å². The van der Waals surface area contributed by atoms with E-state index in [1.807, 2.05) is 31.2 Å². The molecule has 0 unspecified atom stereocenters. The Labute approximate surface area is 167 Å². The number of rotatable bonds is 4. The molecule has 0 aliphatic carbocycles. The van der Waals surface area contributed by atoms with Gasteiger partial charge in [0.2, 0.25) is 11.9 Å². The molecule has 1 aliphatic rings. The molecule has 2 aromatic carbocycles. The van der Waals surface area contributed by atoms with Crippen LogP contribution in [-0.2, 0) is 4.79 Å². The number of para-hydroxylation sites is 1. The molecule has 7 nitrogen and oxygen atoms in total. The monoisotopic (exact) mass is 397 g/mol. The zero-order valence-corrected chi connectivity index (χ0v) is 16.2. The first-order valence-corrected chi connectivity index (χ1v) is 9.31. The van der Waals surface area contributed by atoms with Gasteiger partial charge in [0.15, 0.2) is 0 Å². The lowest BCUT2D eigenvalue weighted by molar-refractivity contribution is -0.121. The summed E-state index contributed by atoms with van der Waals surface area (Å²) in [5.74, 6) is 0.756. The van der Waals surface area contributed by atoms with Crippen molar-refractivity contribution in [3.63, 3.8) is 0 Å². The zero-order chi connectivity index (χ0) is 19.7. The van der Waals surface area contributed by atoms with Crippen LogP contribution in [0.3, 0.4) is 0 Å². The molecule has 0 radical (unpaired) electrons. The van der Waals surface area contributed by atoms with Crippen LogP contribution in [0.4, 0.5) is 11.6 Å². The van der Waals surface area contributed by atoms with Crippen molar-refractivity contribution in [3.05, 3.63) is 65.4 Å². The van der Waals surface area contributed by atoms with Crippen molar-refractivity contribution in [2.45, 2.75) is 19.0 Å². The third-order valence-electron chi connectivity index (χ3n) is 4.94. The van der Waals surface area contributed by atoms with Gasteiger partial charge >= 0.3 is 0 Å². The smallest absolute Gasteiger partial charge is 0.232 e. The van der Waals surface area contributed by atoms with Crippen LogP contribution in [0.5, 0.6) is 5.75 Å². The Morgan fingerprint density at radius 1 is 1.21 bits per heavy atom. The molecule has 0 spiro atoms. The van der Waals surface area contributed by atoms with Gasteiger partial charge in [-0.1, -0.05) is 29.8 Å². The lowest BCUT2D eigenvalue weighted by Crippen LogP contribution is -2.46. The number of amides is 1. The Bertz CT molecular complexity index is 988. The number of ether oxygens (including phenoxy) is 1. The van der Waals surface area contributed by atoms with Crippen molar-refractivity contribution in [1.29, 1.82) is 0 Å².